The van der Waals surface area contributed by atoms with Crippen LogP contribution in [0.1, 0.15) is 23.2 Å². The summed E-state index contributed by atoms with van der Waals surface area (Å²) in [6.07, 6.45) is 2.50. The predicted octanol–water partition coefficient (Wildman–Crippen LogP) is 1.08. The van der Waals surface area contributed by atoms with E-state index < -0.39 is 12.0 Å². The molecule has 1 unspecified atom stereocenters. The first-order valence-corrected chi connectivity index (χ1v) is 6.61. The predicted molar refractivity (Wildman–Crippen MR) is 78.4 cm³/mol. The van der Waals surface area contributed by atoms with Crippen LogP contribution in [0.15, 0.2) is 18.3 Å². The Kier molecular flexibility index (Phi) is 6.61. The number of methoxy groups -OCH3 is 1. The highest BCUT2D eigenvalue weighted by Crippen LogP contribution is 2.10. The summed E-state index contributed by atoms with van der Waals surface area (Å²) in [6, 6.07) is 2.48. The molecule has 1 aromatic rings. The van der Waals surface area contributed by atoms with E-state index in [1.807, 2.05) is 0 Å². The molecule has 0 saturated carbocycles. The van der Waals surface area contributed by atoms with Gasteiger partial charge in [0.2, 0.25) is 0 Å². The molecule has 0 spiro atoms. The van der Waals surface area contributed by atoms with Crippen molar-refractivity contribution in [3.63, 3.8) is 0 Å². The van der Waals surface area contributed by atoms with Crippen LogP contribution in [0.5, 0.6) is 0 Å². The molecular formula is C14H21N3O4. The van der Waals surface area contributed by atoms with Crippen molar-refractivity contribution in [1.29, 1.82) is 0 Å². The third kappa shape index (κ3) is 5.39. The van der Waals surface area contributed by atoms with Crippen LogP contribution in [0.3, 0.4) is 0 Å². The molecule has 116 valence electrons. The molecule has 0 aliphatic carbocycles. The average Bonchev–Trinajstić information content (AvgIpc) is 2.46. The van der Waals surface area contributed by atoms with Gasteiger partial charge in [-0.05, 0) is 25.0 Å². The molecule has 7 nitrogen and oxygen atoms in total. The number of aliphatic carboxylic acids is 1. The summed E-state index contributed by atoms with van der Waals surface area (Å²) in [4.78, 5) is 28.4. The maximum Gasteiger partial charge on any atom is 0.326 e. The molecule has 21 heavy (non-hydrogen) atoms. The topological polar surface area (TPSA) is 91.8 Å². The Bertz CT molecular complexity index is 474. The number of carbonyl (C=O) groups excluding carboxylic acids is 1. The van der Waals surface area contributed by atoms with Crippen LogP contribution in [0.2, 0.25) is 0 Å². The zero-order valence-corrected chi connectivity index (χ0v) is 12.5. The Morgan fingerprint density at radius 1 is 1.43 bits per heavy atom. The van der Waals surface area contributed by atoms with Gasteiger partial charge >= 0.3 is 5.97 Å². The number of nitrogens with one attached hydrogen (secondary N) is 1. The summed E-state index contributed by atoms with van der Waals surface area (Å²) in [5.74, 6) is -0.666. The summed E-state index contributed by atoms with van der Waals surface area (Å²) < 4.78 is 4.91. The lowest BCUT2D eigenvalue weighted by atomic mass is 10.1. The zero-order valence-electron chi connectivity index (χ0n) is 12.5. The Labute approximate surface area is 123 Å². The average molecular weight is 295 g/mol. The molecule has 1 heterocycles. The van der Waals surface area contributed by atoms with Crippen molar-refractivity contribution in [2.24, 2.45) is 0 Å². The summed E-state index contributed by atoms with van der Waals surface area (Å²) in [5.41, 5.74) is 0.455. The molecule has 0 aliphatic heterocycles. The summed E-state index contributed by atoms with van der Waals surface area (Å²) in [7, 11) is 4.89. The van der Waals surface area contributed by atoms with E-state index in [4.69, 9.17) is 9.84 Å². The second kappa shape index (κ2) is 8.21. The van der Waals surface area contributed by atoms with Crippen LogP contribution in [-0.4, -0.2) is 60.7 Å². The van der Waals surface area contributed by atoms with Gasteiger partial charge in [-0.1, -0.05) is 0 Å². The summed E-state index contributed by atoms with van der Waals surface area (Å²) in [6.45, 7) is 0.509. The van der Waals surface area contributed by atoms with Gasteiger partial charge in [0, 0.05) is 34.0 Å². The van der Waals surface area contributed by atoms with E-state index in [1.54, 1.807) is 33.3 Å². The van der Waals surface area contributed by atoms with Gasteiger partial charge in [-0.3, -0.25) is 4.79 Å². The normalized spacial score (nSPS) is 11.8. The number of ether oxygens (including phenoxy) is 1. The lowest BCUT2D eigenvalue weighted by Gasteiger charge is -2.15. The van der Waals surface area contributed by atoms with E-state index in [2.05, 4.69) is 10.3 Å². The van der Waals surface area contributed by atoms with Crippen LogP contribution < -0.4 is 5.32 Å². The number of amides is 1. The Morgan fingerprint density at radius 2 is 2.14 bits per heavy atom. The first-order chi connectivity index (χ1) is 9.95. The minimum absolute atomic E-state index is 0.149. The highest BCUT2D eigenvalue weighted by Gasteiger charge is 2.17. The lowest BCUT2D eigenvalue weighted by Crippen LogP contribution is -2.30. The van der Waals surface area contributed by atoms with Crippen molar-refractivity contribution < 1.29 is 19.4 Å². The third-order valence-electron chi connectivity index (χ3n) is 2.88. The van der Waals surface area contributed by atoms with Gasteiger partial charge in [-0.25, -0.2) is 9.78 Å². The van der Waals surface area contributed by atoms with Gasteiger partial charge < -0.3 is 20.1 Å². The summed E-state index contributed by atoms with van der Waals surface area (Å²) in [5, 5.41) is 12.0. The van der Waals surface area contributed by atoms with Crippen LogP contribution in [0, 0.1) is 0 Å². The SMILES string of the molecule is COCCCC(Nc1ccc(C(=O)N(C)C)cn1)C(=O)O. The maximum atomic E-state index is 11.7. The minimum atomic E-state index is -0.943. The Hall–Kier alpha value is -2.15. The van der Waals surface area contributed by atoms with Gasteiger partial charge in [0.1, 0.15) is 11.9 Å². The number of nitrogens with zero attached hydrogens (tertiary/aromatic N) is 2. The van der Waals surface area contributed by atoms with Crippen LogP contribution in [-0.2, 0) is 9.53 Å². The van der Waals surface area contributed by atoms with E-state index >= 15 is 0 Å². The highest BCUT2D eigenvalue weighted by molar-refractivity contribution is 5.93. The zero-order chi connectivity index (χ0) is 15.8. The van der Waals surface area contributed by atoms with E-state index in [1.165, 1.54) is 11.1 Å². The molecule has 0 aromatic carbocycles. The van der Waals surface area contributed by atoms with E-state index in [9.17, 15) is 9.59 Å². The van der Waals surface area contributed by atoms with Gasteiger partial charge in [-0.15, -0.1) is 0 Å². The third-order valence-corrected chi connectivity index (χ3v) is 2.88. The number of rotatable bonds is 8. The molecule has 1 amide bonds. The van der Waals surface area contributed by atoms with Crippen molar-refractivity contribution in [2.45, 2.75) is 18.9 Å². The standard InChI is InChI=1S/C14H21N3O4/c1-17(2)13(18)10-6-7-12(15-9-10)16-11(14(19)20)5-4-8-21-3/h6-7,9,11H,4-5,8H2,1-3H3,(H,15,16)(H,19,20). The van der Waals surface area contributed by atoms with Crippen molar-refractivity contribution in [3.8, 4) is 0 Å². The highest BCUT2D eigenvalue weighted by atomic mass is 16.5. The van der Waals surface area contributed by atoms with Gasteiger partial charge in [0.25, 0.3) is 5.91 Å². The van der Waals surface area contributed by atoms with Crippen LogP contribution >= 0.6 is 0 Å². The molecule has 1 aromatic heterocycles. The second-order valence-electron chi connectivity index (χ2n) is 4.80. The van der Waals surface area contributed by atoms with Gasteiger partial charge in [-0.2, -0.15) is 0 Å². The number of hydrogen-bond donors (Lipinski definition) is 2. The first kappa shape index (κ1) is 16.9. The monoisotopic (exact) mass is 295 g/mol. The van der Waals surface area contributed by atoms with Crippen LogP contribution in [0.4, 0.5) is 5.82 Å². The molecule has 7 heteroatoms. The summed E-state index contributed by atoms with van der Waals surface area (Å²) >= 11 is 0. The molecule has 0 saturated heterocycles. The largest absolute Gasteiger partial charge is 0.480 e. The molecule has 1 atom stereocenters. The Balaban J connectivity index is 2.67. The number of carboxylic acid groups (broad SMARTS) is 1. The fourth-order valence-corrected chi connectivity index (χ4v) is 1.73. The quantitative estimate of drug-likeness (QED) is 0.697. The fraction of sp³-hybridized carbons (Fsp3) is 0.500. The Morgan fingerprint density at radius 3 is 2.62 bits per heavy atom. The van der Waals surface area contributed by atoms with Crippen molar-refractivity contribution in [3.05, 3.63) is 23.9 Å². The first-order valence-electron chi connectivity index (χ1n) is 6.61. The van der Waals surface area contributed by atoms with Gasteiger partial charge in [0.05, 0.1) is 5.56 Å². The van der Waals surface area contributed by atoms with E-state index in [0.717, 1.165) is 0 Å². The number of carbonyl (C=O) groups is 2. The molecule has 0 radical (unpaired) electrons. The van der Waals surface area contributed by atoms with Crippen molar-refractivity contribution in [1.82, 2.24) is 9.88 Å². The van der Waals surface area contributed by atoms with Crippen molar-refractivity contribution in [2.75, 3.05) is 33.1 Å². The maximum absolute atomic E-state index is 11.7. The molecule has 0 fully saturated rings. The van der Waals surface area contributed by atoms with Gasteiger partial charge in [0.15, 0.2) is 0 Å². The second-order valence-corrected chi connectivity index (χ2v) is 4.80. The minimum Gasteiger partial charge on any atom is -0.480 e. The molecule has 0 aliphatic rings. The number of aromatic nitrogens is 1. The lowest BCUT2D eigenvalue weighted by molar-refractivity contribution is -0.138. The smallest absolute Gasteiger partial charge is 0.326 e. The number of pyridine rings is 1. The number of hydrogen-bond acceptors (Lipinski definition) is 5. The number of carboxylic acids is 1. The van der Waals surface area contributed by atoms with Crippen molar-refractivity contribution >= 4 is 17.7 Å². The van der Waals surface area contributed by atoms with E-state index in [0.29, 0.717) is 30.8 Å². The molecule has 1 rings (SSSR count). The fourth-order valence-electron chi connectivity index (χ4n) is 1.73. The number of anilines is 1. The molecular weight excluding hydrogens is 274 g/mol. The molecule has 0 bridgehead atoms. The van der Waals surface area contributed by atoms with E-state index in [-0.39, 0.29) is 5.91 Å². The van der Waals surface area contributed by atoms with Crippen LogP contribution in [0.25, 0.3) is 0 Å². The molecule has 2 N–H and O–H groups in total.